The Labute approximate surface area is 194 Å². The molecule has 31 heavy (non-hydrogen) atoms. The van der Waals surface area contributed by atoms with Crippen LogP contribution < -0.4 is 10.6 Å². The summed E-state index contributed by atoms with van der Waals surface area (Å²) in [4.78, 5) is 24.5. The second-order valence-electron chi connectivity index (χ2n) is 7.14. The van der Waals surface area contributed by atoms with E-state index in [9.17, 15) is 9.59 Å². The molecule has 2 aromatic carbocycles. The Kier molecular flexibility index (Phi) is 8.11. The first kappa shape index (κ1) is 23.3. The molecule has 0 saturated heterocycles. The molecule has 0 spiro atoms. The minimum absolute atomic E-state index is 0.0887. The maximum absolute atomic E-state index is 12.2. The molecule has 0 bridgehead atoms. The van der Waals surface area contributed by atoms with Crippen LogP contribution in [0.25, 0.3) is 0 Å². The van der Waals surface area contributed by atoms with Crippen LogP contribution in [-0.2, 0) is 9.59 Å². The van der Waals surface area contributed by atoms with E-state index < -0.39 is 0 Å². The fourth-order valence-electron chi connectivity index (χ4n) is 2.85. The number of aryl methyl sites for hydroxylation is 4. The van der Waals surface area contributed by atoms with Crippen LogP contribution in [-0.4, -0.2) is 33.5 Å². The number of aromatic nitrogens is 2. The van der Waals surface area contributed by atoms with Gasteiger partial charge in [-0.2, -0.15) is 0 Å². The Bertz CT molecular complexity index is 1010. The van der Waals surface area contributed by atoms with E-state index in [2.05, 4.69) is 20.8 Å². The van der Waals surface area contributed by atoms with Crippen molar-refractivity contribution in [3.05, 3.63) is 58.7 Å². The normalized spacial score (nSPS) is 10.7. The van der Waals surface area contributed by atoms with E-state index in [0.717, 1.165) is 33.6 Å². The van der Waals surface area contributed by atoms with E-state index in [0.29, 0.717) is 8.68 Å². The monoisotopic (exact) mass is 472 g/mol. The van der Waals surface area contributed by atoms with Crippen molar-refractivity contribution < 1.29 is 9.59 Å². The quantitative estimate of drug-likeness (QED) is 0.437. The molecule has 2 N–H and O–H groups in total. The first-order chi connectivity index (χ1) is 14.8. The summed E-state index contributed by atoms with van der Waals surface area (Å²) in [5, 5.41) is 14.1. The molecule has 0 atom stereocenters. The Morgan fingerprint density at radius 1 is 0.774 bits per heavy atom. The number of benzene rings is 2. The SMILES string of the molecule is Cc1ccc(NC(=O)CSc2nnc(SCC(=O)Nc3ccc(C)cc3C)s2)c(C)c1. The molecule has 9 heteroatoms. The van der Waals surface area contributed by atoms with Gasteiger partial charge in [-0.15, -0.1) is 10.2 Å². The third kappa shape index (κ3) is 7.09. The smallest absolute Gasteiger partial charge is 0.234 e. The highest BCUT2D eigenvalue weighted by Gasteiger charge is 2.12. The number of nitrogens with zero attached hydrogens (tertiary/aromatic N) is 2. The molecule has 162 valence electrons. The molecule has 3 rings (SSSR count). The summed E-state index contributed by atoms with van der Waals surface area (Å²) in [7, 11) is 0. The summed E-state index contributed by atoms with van der Waals surface area (Å²) < 4.78 is 1.40. The molecule has 2 amide bonds. The van der Waals surface area contributed by atoms with E-state index >= 15 is 0 Å². The maximum Gasteiger partial charge on any atom is 0.234 e. The molecule has 1 heterocycles. The standard InChI is InChI=1S/C22H24N4O2S3/c1-13-5-7-17(15(3)9-13)23-19(27)11-29-21-25-26-22(31-21)30-12-20(28)24-18-8-6-14(2)10-16(18)4/h5-10H,11-12H2,1-4H3,(H,23,27)(H,24,28). The number of carbonyl (C=O) groups is 2. The highest BCUT2D eigenvalue weighted by atomic mass is 32.2. The molecule has 0 saturated carbocycles. The number of hydrogen-bond acceptors (Lipinski definition) is 7. The fourth-order valence-corrected chi connectivity index (χ4v) is 5.47. The van der Waals surface area contributed by atoms with Crippen molar-refractivity contribution in [2.75, 3.05) is 22.1 Å². The van der Waals surface area contributed by atoms with E-state index in [-0.39, 0.29) is 23.3 Å². The fraction of sp³-hybridized carbons (Fsp3) is 0.273. The second-order valence-corrected chi connectivity index (χ2v) is 10.6. The topological polar surface area (TPSA) is 84.0 Å². The van der Waals surface area contributed by atoms with Crippen LogP contribution in [0.1, 0.15) is 22.3 Å². The molecule has 1 aromatic heterocycles. The molecular weight excluding hydrogens is 448 g/mol. The molecule has 6 nitrogen and oxygen atoms in total. The zero-order valence-corrected chi connectivity index (χ0v) is 20.3. The van der Waals surface area contributed by atoms with Crippen molar-refractivity contribution in [2.45, 2.75) is 36.4 Å². The molecule has 0 radical (unpaired) electrons. The Morgan fingerprint density at radius 3 is 1.58 bits per heavy atom. The first-order valence-corrected chi connectivity index (χ1v) is 12.4. The predicted octanol–water partition coefficient (Wildman–Crippen LogP) is 5.23. The summed E-state index contributed by atoms with van der Waals surface area (Å²) >= 11 is 4.06. The Hall–Kier alpha value is -2.36. The van der Waals surface area contributed by atoms with Crippen molar-refractivity contribution in [3.8, 4) is 0 Å². The summed E-state index contributed by atoms with van der Waals surface area (Å²) in [5.74, 6) is 0.322. The minimum Gasteiger partial charge on any atom is -0.325 e. The van der Waals surface area contributed by atoms with Crippen molar-refractivity contribution in [1.82, 2.24) is 10.2 Å². The molecule has 0 aliphatic heterocycles. The largest absolute Gasteiger partial charge is 0.325 e. The van der Waals surface area contributed by atoms with Gasteiger partial charge in [0.25, 0.3) is 0 Å². The van der Waals surface area contributed by atoms with Crippen molar-refractivity contribution in [1.29, 1.82) is 0 Å². The lowest BCUT2D eigenvalue weighted by Crippen LogP contribution is -2.14. The van der Waals surface area contributed by atoms with Crippen molar-refractivity contribution in [3.63, 3.8) is 0 Å². The molecule has 0 unspecified atom stereocenters. The average molecular weight is 473 g/mol. The lowest BCUT2D eigenvalue weighted by molar-refractivity contribution is -0.114. The third-order valence-electron chi connectivity index (χ3n) is 4.35. The number of anilines is 2. The summed E-state index contributed by atoms with van der Waals surface area (Å²) in [5.41, 5.74) is 6.02. The molecule has 0 aliphatic carbocycles. The lowest BCUT2D eigenvalue weighted by Gasteiger charge is -2.08. The second kappa shape index (κ2) is 10.8. The zero-order chi connectivity index (χ0) is 22.4. The third-order valence-corrected chi connectivity index (χ3v) is 7.54. The van der Waals surface area contributed by atoms with Gasteiger partial charge in [0.15, 0.2) is 8.68 Å². The van der Waals surface area contributed by atoms with Gasteiger partial charge in [0, 0.05) is 11.4 Å². The highest BCUT2D eigenvalue weighted by Crippen LogP contribution is 2.29. The van der Waals surface area contributed by atoms with Gasteiger partial charge in [0.1, 0.15) is 0 Å². The van der Waals surface area contributed by atoms with Gasteiger partial charge >= 0.3 is 0 Å². The number of nitrogens with one attached hydrogen (secondary N) is 2. The van der Waals surface area contributed by atoms with Crippen molar-refractivity contribution >= 4 is 58.0 Å². The summed E-state index contributed by atoms with van der Waals surface area (Å²) in [6, 6.07) is 11.8. The highest BCUT2D eigenvalue weighted by molar-refractivity contribution is 8.03. The molecule has 0 aliphatic rings. The predicted molar refractivity (Wildman–Crippen MR) is 130 cm³/mol. The number of thioether (sulfide) groups is 2. The Morgan fingerprint density at radius 2 is 1.19 bits per heavy atom. The van der Waals surface area contributed by atoms with Crippen LogP contribution in [0.4, 0.5) is 11.4 Å². The van der Waals surface area contributed by atoms with Crippen LogP contribution >= 0.6 is 34.9 Å². The zero-order valence-electron chi connectivity index (χ0n) is 17.8. The van der Waals surface area contributed by atoms with Crippen LogP contribution in [0.3, 0.4) is 0 Å². The van der Waals surface area contributed by atoms with Crippen LogP contribution in [0, 0.1) is 27.7 Å². The maximum atomic E-state index is 12.2. The first-order valence-electron chi connectivity index (χ1n) is 9.63. The van der Waals surface area contributed by atoms with Gasteiger partial charge in [0.05, 0.1) is 11.5 Å². The van der Waals surface area contributed by atoms with Crippen LogP contribution in [0.2, 0.25) is 0 Å². The van der Waals surface area contributed by atoms with Gasteiger partial charge in [-0.1, -0.05) is 70.3 Å². The van der Waals surface area contributed by atoms with E-state index in [4.69, 9.17) is 0 Å². The molecule has 0 fully saturated rings. The van der Waals surface area contributed by atoms with E-state index in [1.54, 1.807) is 0 Å². The van der Waals surface area contributed by atoms with Crippen molar-refractivity contribution in [2.24, 2.45) is 0 Å². The van der Waals surface area contributed by atoms with Gasteiger partial charge < -0.3 is 10.6 Å². The van der Waals surface area contributed by atoms with E-state index in [1.165, 1.54) is 34.9 Å². The minimum atomic E-state index is -0.0887. The van der Waals surface area contributed by atoms with E-state index in [1.807, 2.05) is 64.1 Å². The number of rotatable bonds is 8. The average Bonchev–Trinajstić information content (AvgIpc) is 3.17. The molecular formula is C22H24N4O2S3. The van der Waals surface area contributed by atoms with Crippen LogP contribution in [0.5, 0.6) is 0 Å². The Balaban J connectivity index is 1.44. The number of hydrogen-bond donors (Lipinski definition) is 2. The summed E-state index contributed by atoms with van der Waals surface area (Å²) in [6.45, 7) is 7.99. The summed E-state index contributed by atoms with van der Waals surface area (Å²) in [6.07, 6.45) is 0. The lowest BCUT2D eigenvalue weighted by atomic mass is 10.1. The van der Waals surface area contributed by atoms with Gasteiger partial charge in [-0.3, -0.25) is 9.59 Å². The molecule has 3 aromatic rings. The van der Waals surface area contributed by atoms with Crippen LogP contribution in [0.15, 0.2) is 45.1 Å². The van der Waals surface area contributed by atoms with Gasteiger partial charge in [-0.05, 0) is 51.0 Å². The van der Waals surface area contributed by atoms with Gasteiger partial charge in [0.2, 0.25) is 11.8 Å². The number of amides is 2. The number of carbonyl (C=O) groups excluding carboxylic acids is 2. The van der Waals surface area contributed by atoms with Gasteiger partial charge in [-0.25, -0.2) is 0 Å².